The van der Waals surface area contributed by atoms with E-state index in [9.17, 15) is 4.39 Å². The monoisotopic (exact) mass is 269 g/mol. The van der Waals surface area contributed by atoms with Gasteiger partial charge < -0.3 is 0 Å². The molecule has 1 nitrogen and oxygen atoms in total. The molecular weight excluding hydrogens is 265 g/mol. The topological polar surface area (TPSA) is 12.9 Å². The summed E-state index contributed by atoms with van der Waals surface area (Å²) in [7, 11) is 0. The number of alkyl halides is 1. The minimum Gasteiger partial charge on any atom is -0.257 e. The molecule has 0 atom stereocenters. The van der Waals surface area contributed by atoms with E-state index in [0.29, 0.717) is 11.0 Å². The lowest BCUT2D eigenvalue weighted by Crippen LogP contribution is -1.87. The third kappa shape index (κ3) is 2.34. The second kappa shape index (κ2) is 4.79. The Bertz CT molecular complexity index is 205. The molecule has 0 aliphatic rings. The standard InChI is InChI=1S/C6H5BrFN.BrH/c7-4-6-5(8)2-1-3-9-6;/h1-3H,4H2;1H. The van der Waals surface area contributed by atoms with Crippen molar-refractivity contribution in [3.05, 3.63) is 29.8 Å². The Balaban J connectivity index is 0.000000810. The highest BCUT2D eigenvalue weighted by Crippen LogP contribution is 2.05. The van der Waals surface area contributed by atoms with Gasteiger partial charge in [-0.3, -0.25) is 4.98 Å². The van der Waals surface area contributed by atoms with Crippen LogP contribution in [0, 0.1) is 5.82 Å². The summed E-state index contributed by atoms with van der Waals surface area (Å²) in [5, 5.41) is 0.472. The van der Waals surface area contributed by atoms with Gasteiger partial charge in [0.1, 0.15) is 5.82 Å². The molecule has 4 heteroatoms. The van der Waals surface area contributed by atoms with Crippen LogP contribution in [0.1, 0.15) is 5.69 Å². The summed E-state index contributed by atoms with van der Waals surface area (Å²) in [5.74, 6) is -0.255. The first kappa shape index (κ1) is 10.0. The Morgan fingerprint density at radius 3 is 2.70 bits per heavy atom. The van der Waals surface area contributed by atoms with Crippen LogP contribution in [0.5, 0.6) is 0 Å². The third-order valence-corrected chi connectivity index (χ3v) is 1.49. The molecular formula is C6H6Br2FN. The van der Waals surface area contributed by atoms with Gasteiger partial charge >= 0.3 is 0 Å². The Morgan fingerprint density at radius 2 is 2.30 bits per heavy atom. The highest BCUT2D eigenvalue weighted by atomic mass is 79.9. The maximum Gasteiger partial charge on any atom is 0.145 e. The molecule has 0 aliphatic carbocycles. The first-order chi connectivity index (χ1) is 4.34. The van der Waals surface area contributed by atoms with Crippen LogP contribution in [-0.4, -0.2) is 4.98 Å². The van der Waals surface area contributed by atoms with Gasteiger partial charge in [0.05, 0.1) is 5.69 Å². The Kier molecular flexibility index (Phi) is 4.81. The quantitative estimate of drug-likeness (QED) is 0.715. The van der Waals surface area contributed by atoms with E-state index < -0.39 is 0 Å². The number of halogens is 3. The fraction of sp³-hybridized carbons (Fsp3) is 0.167. The van der Waals surface area contributed by atoms with Crippen molar-refractivity contribution in [1.29, 1.82) is 0 Å². The number of nitrogens with zero attached hydrogens (tertiary/aromatic N) is 1. The van der Waals surface area contributed by atoms with Gasteiger partial charge in [0.25, 0.3) is 0 Å². The van der Waals surface area contributed by atoms with Crippen LogP contribution in [-0.2, 0) is 5.33 Å². The summed E-state index contributed by atoms with van der Waals surface area (Å²) in [5.41, 5.74) is 0.456. The van der Waals surface area contributed by atoms with Gasteiger partial charge in [-0.1, -0.05) is 15.9 Å². The average molecular weight is 271 g/mol. The molecule has 0 unspecified atom stereocenters. The second-order valence-corrected chi connectivity index (χ2v) is 2.13. The zero-order chi connectivity index (χ0) is 6.69. The lowest BCUT2D eigenvalue weighted by Gasteiger charge is -1.92. The predicted octanol–water partition coefficient (Wildman–Crippen LogP) is 2.69. The van der Waals surface area contributed by atoms with Crippen molar-refractivity contribution >= 4 is 32.9 Å². The van der Waals surface area contributed by atoms with Crippen molar-refractivity contribution in [3.8, 4) is 0 Å². The minimum absolute atomic E-state index is 0. The van der Waals surface area contributed by atoms with Gasteiger partial charge in [0, 0.05) is 11.5 Å². The number of pyridine rings is 1. The van der Waals surface area contributed by atoms with Gasteiger partial charge in [-0.05, 0) is 12.1 Å². The van der Waals surface area contributed by atoms with E-state index in [1.807, 2.05) is 0 Å². The Labute approximate surface area is 77.6 Å². The highest BCUT2D eigenvalue weighted by Gasteiger charge is 1.96. The zero-order valence-corrected chi connectivity index (χ0v) is 8.35. The molecule has 0 radical (unpaired) electrons. The summed E-state index contributed by atoms with van der Waals surface area (Å²) in [6.45, 7) is 0. The van der Waals surface area contributed by atoms with Crippen molar-refractivity contribution in [1.82, 2.24) is 4.98 Å². The van der Waals surface area contributed by atoms with Gasteiger partial charge in [0.2, 0.25) is 0 Å². The van der Waals surface area contributed by atoms with E-state index in [0.717, 1.165) is 0 Å². The van der Waals surface area contributed by atoms with Crippen molar-refractivity contribution in [3.63, 3.8) is 0 Å². The summed E-state index contributed by atoms with van der Waals surface area (Å²) in [6, 6.07) is 2.96. The smallest absolute Gasteiger partial charge is 0.145 e. The maximum atomic E-state index is 12.5. The first-order valence-electron chi connectivity index (χ1n) is 2.50. The predicted molar refractivity (Wildman–Crippen MR) is 47.1 cm³/mol. The summed E-state index contributed by atoms with van der Waals surface area (Å²) >= 11 is 3.11. The van der Waals surface area contributed by atoms with Crippen LogP contribution < -0.4 is 0 Å². The van der Waals surface area contributed by atoms with Crippen LogP contribution in [0.2, 0.25) is 0 Å². The van der Waals surface area contributed by atoms with E-state index >= 15 is 0 Å². The van der Waals surface area contributed by atoms with E-state index in [1.165, 1.54) is 6.07 Å². The summed E-state index contributed by atoms with van der Waals surface area (Å²) < 4.78 is 12.5. The normalized spacial score (nSPS) is 8.60. The van der Waals surface area contributed by atoms with E-state index in [-0.39, 0.29) is 22.8 Å². The molecule has 0 bridgehead atoms. The number of aromatic nitrogens is 1. The van der Waals surface area contributed by atoms with E-state index in [2.05, 4.69) is 20.9 Å². The van der Waals surface area contributed by atoms with Crippen LogP contribution in [0.25, 0.3) is 0 Å². The molecule has 1 aromatic rings. The highest BCUT2D eigenvalue weighted by molar-refractivity contribution is 9.08. The molecule has 0 N–H and O–H groups in total. The average Bonchev–Trinajstić information content (AvgIpc) is 1.89. The molecule has 0 saturated carbocycles. The van der Waals surface area contributed by atoms with Gasteiger partial charge in [0.15, 0.2) is 0 Å². The van der Waals surface area contributed by atoms with E-state index in [1.54, 1.807) is 12.3 Å². The number of rotatable bonds is 1. The lowest BCUT2D eigenvalue weighted by molar-refractivity contribution is 0.608. The van der Waals surface area contributed by atoms with Crippen LogP contribution >= 0.6 is 32.9 Å². The molecule has 1 aromatic heterocycles. The van der Waals surface area contributed by atoms with Crippen LogP contribution in [0.15, 0.2) is 18.3 Å². The summed E-state index contributed by atoms with van der Waals surface area (Å²) in [6.07, 6.45) is 1.57. The first-order valence-corrected chi connectivity index (χ1v) is 3.62. The van der Waals surface area contributed by atoms with Crippen LogP contribution in [0.4, 0.5) is 4.39 Å². The van der Waals surface area contributed by atoms with Crippen molar-refractivity contribution in [2.24, 2.45) is 0 Å². The maximum absolute atomic E-state index is 12.5. The Hall–Kier alpha value is 0.0400. The molecule has 0 amide bonds. The SMILES string of the molecule is Br.Fc1cccnc1CBr. The van der Waals surface area contributed by atoms with Crippen LogP contribution in [0.3, 0.4) is 0 Å². The van der Waals surface area contributed by atoms with Crippen molar-refractivity contribution in [2.75, 3.05) is 0 Å². The molecule has 0 aliphatic heterocycles. The zero-order valence-electron chi connectivity index (χ0n) is 5.05. The molecule has 0 aromatic carbocycles. The Morgan fingerprint density at radius 1 is 1.60 bits per heavy atom. The number of hydrogen-bond donors (Lipinski definition) is 0. The van der Waals surface area contributed by atoms with Gasteiger partial charge in [-0.15, -0.1) is 17.0 Å². The van der Waals surface area contributed by atoms with E-state index in [4.69, 9.17) is 0 Å². The fourth-order valence-electron chi connectivity index (χ4n) is 0.517. The molecule has 0 spiro atoms. The lowest BCUT2D eigenvalue weighted by atomic mass is 10.4. The molecule has 1 rings (SSSR count). The molecule has 0 saturated heterocycles. The van der Waals surface area contributed by atoms with Gasteiger partial charge in [-0.2, -0.15) is 0 Å². The molecule has 0 fully saturated rings. The minimum atomic E-state index is -0.255. The fourth-order valence-corrected chi connectivity index (χ4v) is 0.929. The number of hydrogen-bond acceptors (Lipinski definition) is 1. The van der Waals surface area contributed by atoms with Crippen molar-refractivity contribution in [2.45, 2.75) is 5.33 Å². The second-order valence-electron chi connectivity index (χ2n) is 1.57. The molecule has 10 heavy (non-hydrogen) atoms. The third-order valence-electron chi connectivity index (χ3n) is 0.961. The largest absolute Gasteiger partial charge is 0.257 e. The molecule has 1 heterocycles. The van der Waals surface area contributed by atoms with Crippen molar-refractivity contribution < 1.29 is 4.39 Å². The molecule has 56 valence electrons. The van der Waals surface area contributed by atoms with Gasteiger partial charge in [-0.25, -0.2) is 4.39 Å². The summed E-state index contributed by atoms with van der Waals surface area (Å²) in [4.78, 5) is 3.77.